The molecule has 1 aliphatic heterocycles. The van der Waals surface area contributed by atoms with Crippen molar-refractivity contribution in [2.75, 3.05) is 13.1 Å². The second-order valence-electron chi connectivity index (χ2n) is 7.22. The molecule has 3 N–H and O–H groups in total. The first-order valence-corrected chi connectivity index (χ1v) is 9.15. The minimum atomic E-state index is -0.600. The Kier molecular flexibility index (Phi) is 4.00. The Hall–Kier alpha value is -1.99. The molecule has 1 amide bonds. The third-order valence-corrected chi connectivity index (χ3v) is 5.91. The van der Waals surface area contributed by atoms with Crippen molar-refractivity contribution < 1.29 is 9.90 Å². The summed E-state index contributed by atoms with van der Waals surface area (Å²) < 4.78 is 0.243. The molecule has 1 saturated carbocycles. The SMILES string of the molecule is O=C(c1ccc2c(=O)[nH]c(=S)[nH]c2c1)N1CC[C@@]2(O)CCCC[C@H]2C1. The number of aromatic nitrogens is 2. The third kappa shape index (κ3) is 2.91. The smallest absolute Gasteiger partial charge is 0.259 e. The summed E-state index contributed by atoms with van der Waals surface area (Å²) in [5.41, 5.74) is 0.232. The van der Waals surface area contributed by atoms with E-state index in [0.29, 0.717) is 36.0 Å². The molecule has 25 heavy (non-hydrogen) atoms. The van der Waals surface area contributed by atoms with E-state index in [9.17, 15) is 14.7 Å². The molecule has 2 aliphatic rings. The number of likely N-dealkylation sites (tertiary alicyclic amines) is 1. The molecule has 0 spiro atoms. The number of hydrogen-bond donors (Lipinski definition) is 3. The topological polar surface area (TPSA) is 89.2 Å². The first kappa shape index (κ1) is 16.5. The van der Waals surface area contributed by atoms with Crippen molar-refractivity contribution in [3.63, 3.8) is 0 Å². The maximum Gasteiger partial charge on any atom is 0.259 e. The lowest BCUT2D eigenvalue weighted by molar-refractivity contribution is -0.0886. The predicted molar refractivity (Wildman–Crippen MR) is 97.2 cm³/mol. The lowest BCUT2D eigenvalue weighted by Crippen LogP contribution is -2.54. The number of piperidine rings is 1. The summed E-state index contributed by atoms with van der Waals surface area (Å²) in [6, 6.07) is 5.01. The van der Waals surface area contributed by atoms with Crippen LogP contribution in [0.3, 0.4) is 0 Å². The van der Waals surface area contributed by atoms with Crippen molar-refractivity contribution in [3.8, 4) is 0 Å². The number of amides is 1. The van der Waals surface area contributed by atoms with Crippen LogP contribution >= 0.6 is 12.2 Å². The average molecular weight is 359 g/mol. The predicted octanol–water partition coefficient (Wildman–Crippen LogP) is 2.35. The van der Waals surface area contributed by atoms with Crippen molar-refractivity contribution in [2.24, 2.45) is 5.92 Å². The monoisotopic (exact) mass is 359 g/mol. The Morgan fingerprint density at radius 3 is 2.96 bits per heavy atom. The summed E-state index contributed by atoms with van der Waals surface area (Å²) >= 11 is 5.00. The number of aromatic amines is 2. The summed E-state index contributed by atoms with van der Waals surface area (Å²) in [5.74, 6) is 0.0992. The van der Waals surface area contributed by atoms with Gasteiger partial charge in [-0.05, 0) is 49.7 Å². The van der Waals surface area contributed by atoms with Gasteiger partial charge in [0.05, 0.1) is 16.5 Å². The molecule has 0 radical (unpaired) electrons. The second kappa shape index (κ2) is 6.07. The molecule has 6 nitrogen and oxygen atoms in total. The van der Waals surface area contributed by atoms with Crippen molar-refractivity contribution in [1.82, 2.24) is 14.9 Å². The molecule has 1 saturated heterocycles. The molecular formula is C18H21N3O3S. The number of H-pyrrole nitrogens is 2. The van der Waals surface area contributed by atoms with Crippen LogP contribution < -0.4 is 5.56 Å². The van der Waals surface area contributed by atoms with Gasteiger partial charge in [0.2, 0.25) is 0 Å². The van der Waals surface area contributed by atoms with E-state index in [0.717, 1.165) is 25.7 Å². The number of hydrogen-bond acceptors (Lipinski definition) is 4. The fourth-order valence-corrected chi connectivity index (χ4v) is 4.44. The molecule has 1 aromatic heterocycles. The zero-order valence-corrected chi connectivity index (χ0v) is 14.7. The van der Waals surface area contributed by atoms with Crippen molar-refractivity contribution in [2.45, 2.75) is 37.7 Å². The van der Waals surface area contributed by atoms with E-state index in [1.54, 1.807) is 18.2 Å². The quantitative estimate of drug-likeness (QED) is 0.682. The maximum absolute atomic E-state index is 12.9. The third-order valence-electron chi connectivity index (χ3n) is 5.70. The molecule has 2 heterocycles. The van der Waals surface area contributed by atoms with Gasteiger partial charge in [-0.15, -0.1) is 0 Å². The summed E-state index contributed by atoms with van der Waals surface area (Å²) in [7, 11) is 0. The Labute approximate surface area is 149 Å². The highest BCUT2D eigenvalue weighted by Gasteiger charge is 2.43. The lowest BCUT2D eigenvalue weighted by Gasteiger charge is -2.47. The van der Waals surface area contributed by atoms with E-state index in [-0.39, 0.29) is 22.2 Å². The average Bonchev–Trinajstić information content (AvgIpc) is 2.59. The zero-order valence-electron chi connectivity index (χ0n) is 13.9. The molecule has 2 atom stereocenters. The zero-order chi connectivity index (χ0) is 17.6. The van der Waals surface area contributed by atoms with Gasteiger partial charge in [0.1, 0.15) is 0 Å². The standard InChI is InChI=1S/C18H21N3O3S/c22-15-13-5-4-11(9-14(13)19-17(25)20-15)16(23)21-8-7-18(24)6-2-1-3-12(18)10-21/h4-5,9,12,24H,1-3,6-8,10H2,(H2,19,20,22,25)/t12-,18-/m0/s1. The molecular weight excluding hydrogens is 338 g/mol. The first-order chi connectivity index (χ1) is 12.0. The van der Waals surface area contributed by atoms with Crippen LogP contribution in [-0.4, -0.2) is 44.6 Å². The molecule has 7 heteroatoms. The maximum atomic E-state index is 12.9. The highest BCUT2D eigenvalue weighted by Crippen LogP contribution is 2.40. The van der Waals surface area contributed by atoms with Gasteiger partial charge in [-0.3, -0.25) is 14.6 Å². The van der Waals surface area contributed by atoms with Crippen LogP contribution in [0.4, 0.5) is 0 Å². The van der Waals surface area contributed by atoms with Crippen LogP contribution in [0.2, 0.25) is 0 Å². The van der Waals surface area contributed by atoms with Crippen molar-refractivity contribution >= 4 is 29.0 Å². The molecule has 0 bridgehead atoms. The molecule has 2 aromatic rings. The van der Waals surface area contributed by atoms with Gasteiger partial charge in [0.25, 0.3) is 11.5 Å². The lowest BCUT2D eigenvalue weighted by atomic mass is 9.71. The van der Waals surface area contributed by atoms with Crippen LogP contribution in [0, 0.1) is 10.7 Å². The highest BCUT2D eigenvalue weighted by atomic mass is 32.1. The van der Waals surface area contributed by atoms with Crippen LogP contribution in [0.15, 0.2) is 23.0 Å². The molecule has 132 valence electrons. The number of rotatable bonds is 1. The number of nitrogens with zero attached hydrogens (tertiary/aromatic N) is 1. The number of carbonyl (C=O) groups is 1. The van der Waals surface area contributed by atoms with Gasteiger partial charge in [0, 0.05) is 24.6 Å². The first-order valence-electron chi connectivity index (χ1n) is 8.74. The van der Waals surface area contributed by atoms with Crippen LogP contribution in [0.1, 0.15) is 42.5 Å². The normalized spacial score (nSPS) is 26.4. The fourth-order valence-electron chi connectivity index (χ4n) is 4.24. The molecule has 1 aliphatic carbocycles. The number of aliphatic hydroxyl groups is 1. The number of nitrogens with one attached hydrogen (secondary N) is 2. The summed E-state index contributed by atoms with van der Waals surface area (Å²) in [5, 5.41) is 11.2. The Morgan fingerprint density at radius 1 is 1.28 bits per heavy atom. The number of fused-ring (bicyclic) bond motifs is 2. The van der Waals surface area contributed by atoms with Crippen LogP contribution in [0.5, 0.6) is 0 Å². The summed E-state index contributed by atoms with van der Waals surface area (Å²) in [4.78, 5) is 32.1. The van der Waals surface area contributed by atoms with E-state index in [1.165, 1.54) is 0 Å². The van der Waals surface area contributed by atoms with Gasteiger partial charge >= 0.3 is 0 Å². The fraction of sp³-hybridized carbons (Fsp3) is 0.500. The molecule has 0 unspecified atom stereocenters. The van der Waals surface area contributed by atoms with Gasteiger partial charge in [0.15, 0.2) is 4.77 Å². The van der Waals surface area contributed by atoms with Gasteiger partial charge in [-0.2, -0.15) is 0 Å². The second-order valence-corrected chi connectivity index (χ2v) is 7.62. The Bertz CT molecular complexity index is 950. The van der Waals surface area contributed by atoms with E-state index in [1.807, 2.05) is 4.90 Å². The Balaban J connectivity index is 1.62. The molecule has 4 rings (SSSR count). The number of benzene rings is 1. The van der Waals surface area contributed by atoms with E-state index in [4.69, 9.17) is 12.2 Å². The number of carbonyl (C=O) groups excluding carboxylic acids is 1. The van der Waals surface area contributed by atoms with Crippen LogP contribution in [-0.2, 0) is 0 Å². The Morgan fingerprint density at radius 2 is 2.12 bits per heavy atom. The van der Waals surface area contributed by atoms with Gasteiger partial charge in [-0.25, -0.2) is 0 Å². The summed E-state index contributed by atoms with van der Waals surface area (Å²) in [6.07, 6.45) is 4.64. The van der Waals surface area contributed by atoms with E-state index < -0.39 is 5.60 Å². The van der Waals surface area contributed by atoms with E-state index in [2.05, 4.69) is 9.97 Å². The molecule has 1 aromatic carbocycles. The van der Waals surface area contributed by atoms with Gasteiger partial charge in [-0.1, -0.05) is 12.8 Å². The minimum Gasteiger partial charge on any atom is -0.389 e. The van der Waals surface area contributed by atoms with Gasteiger partial charge < -0.3 is 15.0 Å². The minimum absolute atomic E-state index is 0.0610. The van der Waals surface area contributed by atoms with E-state index >= 15 is 0 Å². The summed E-state index contributed by atoms with van der Waals surface area (Å²) in [6.45, 7) is 1.16. The molecule has 2 fully saturated rings. The van der Waals surface area contributed by atoms with Crippen molar-refractivity contribution in [3.05, 3.63) is 38.9 Å². The van der Waals surface area contributed by atoms with Crippen molar-refractivity contribution in [1.29, 1.82) is 0 Å². The van der Waals surface area contributed by atoms with Crippen LogP contribution in [0.25, 0.3) is 10.9 Å². The largest absolute Gasteiger partial charge is 0.389 e. The highest BCUT2D eigenvalue weighted by molar-refractivity contribution is 7.71.